The average Bonchev–Trinajstić information content (AvgIpc) is 2.76. The molecule has 0 radical (unpaired) electrons. The van der Waals surface area contributed by atoms with E-state index in [1.54, 1.807) is 25.1 Å². The van der Waals surface area contributed by atoms with Crippen LogP contribution in [0.15, 0.2) is 33.5 Å². The molecule has 0 amide bonds. The SMILES string of the molecule is Cc1nc2cc(-c3cc(=O)[nH]c(O)c3C#N)ccc2o1. The Morgan fingerprint density at radius 2 is 2.20 bits per heavy atom. The first-order valence-electron chi connectivity index (χ1n) is 5.82. The van der Waals surface area contributed by atoms with Crippen molar-refractivity contribution >= 4 is 11.1 Å². The van der Waals surface area contributed by atoms with Gasteiger partial charge in [0.1, 0.15) is 17.1 Å². The number of oxazole rings is 1. The minimum absolute atomic E-state index is 0.0177. The molecule has 3 aromatic rings. The Morgan fingerprint density at radius 1 is 1.40 bits per heavy atom. The van der Waals surface area contributed by atoms with Crippen molar-refractivity contribution in [1.29, 1.82) is 5.26 Å². The van der Waals surface area contributed by atoms with E-state index in [2.05, 4.69) is 9.97 Å². The number of aryl methyl sites for hydroxylation is 1. The zero-order valence-corrected chi connectivity index (χ0v) is 10.5. The zero-order valence-electron chi connectivity index (χ0n) is 10.5. The summed E-state index contributed by atoms with van der Waals surface area (Å²) in [4.78, 5) is 17.8. The quantitative estimate of drug-likeness (QED) is 0.702. The van der Waals surface area contributed by atoms with Gasteiger partial charge in [-0.2, -0.15) is 5.26 Å². The fraction of sp³-hybridized carbons (Fsp3) is 0.0714. The number of fused-ring (bicyclic) bond motifs is 1. The van der Waals surface area contributed by atoms with E-state index in [1.165, 1.54) is 6.07 Å². The molecule has 20 heavy (non-hydrogen) atoms. The summed E-state index contributed by atoms with van der Waals surface area (Å²) in [6.45, 7) is 1.74. The van der Waals surface area contributed by atoms with E-state index < -0.39 is 11.4 Å². The molecule has 0 atom stereocenters. The van der Waals surface area contributed by atoms with Gasteiger partial charge in [0.2, 0.25) is 5.88 Å². The molecule has 0 fully saturated rings. The average molecular weight is 267 g/mol. The molecule has 0 aliphatic heterocycles. The van der Waals surface area contributed by atoms with E-state index >= 15 is 0 Å². The number of aromatic nitrogens is 2. The van der Waals surface area contributed by atoms with Crippen molar-refractivity contribution in [3.8, 4) is 23.1 Å². The molecule has 2 aromatic heterocycles. The number of nitriles is 1. The number of rotatable bonds is 1. The number of hydrogen-bond acceptors (Lipinski definition) is 5. The van der Waals surface area contributed by atoms with Gasteiger partial charge < -0.3 is 9.52 Å². The van der Waals surface area contributed by atoms with Crippen LogP contribution in [0.1, 0.15) is 11.5 Å². The summed E-state index contributed by atoms with van der Waals surface area (Å²) in [5.41, 5.74) is 1.76. The summed E-state index contributed by atoms with van der Waals surface area (Å²) >= 11 is 0. The summed E-state index contributed by atoms with van der Waals surface area (Å²) in [5.74, 6) is 0.0952. The molecule has 3 rings (SSSR count). The highest BCUT2D eigenvalue weighted by Gasteiger charge is 2.13. The predicted octanol–water partition coefficient (Wildman–Crippen LogP) is 2.07. The smallest absolute Gasteiger partial charge is 0.251 e. The molecule has 2 heterocycles. The summed E-state index contributed by atoms with van der Waals surface area (Å²) < 4.78 is 5.37. The molecule has 6 heteroatoms. The molecule has 1 aromatic carbocycles. The fourth-order valence-electron chi connectivity index (χ4n) is 2.10. The number of hydrogen-bond donors (Lipinski definition) is 2. The van der Waals surface area contributed by atoms with Gasteiger partial charge in [-0.1, -0.05) is 6.07 Å². The van der Waals surface area contributed by atoms with Gasteiger partial charge in [-0.05, 0) is 17.7 Å². The van der Waals surface area contributed by atoms with E-state index in [0.717, 1.165) is 0 Å². The number of nitrogens with one attached hydrogen (secondary N) is 1. The second-order valence-electron chi connectivity index (χ2n) is 4.30. The normalized spacial score (nSPS) is 10.6. The molecule has 0 aliphatic rings. The second-order valence-corrected chi connectivity index (χ2v) is 4.30. The third-order valence-electron chi connectivity index (χ3n) is 2.94. The van der Waals surface area contributed by atoms with Crippen LogP contribution in [0.4, 0.5) is 0 Å². The van der Waals surface area contributed by atoms with Gasteiger partial charge in [-0.15, -0.1) is 0 Å². The van der Waals surface area contributed by atoms with Crippen molar-refractivity contribution in [2.75, 3.05) is 0 Å². The molecule has 0 saturated carbocycles. The molecule has 0 unspecified atom stereocenters. The van der Waals surface area contributed by atoms with Crippen molar-refractivity contribution in [2.24, 2.45) is 0 Å². The second kappa shape index (κ2) is 4.24. The molecule has 0 saturated heterocycles. The van der Waals surface area contributed by atoms with Gasteiger partial charge in [0.15, 0.2) is 11.5 Å². The summed E-state index contributed by atoms with van der Waals surface area (Å²) in [7, 11) is 0. The van der Waals surface area contributed by atoms with Gasteiger partial charge >= 0.3 is 0 Å². The first kappa shape index (κ1) is 12.0. The standard InChI is InChI=1S/C14H9N3O3/c1-7-16-11-4-8(2-3-12(11)20-7)9-5-13(18)17-14(19)10(9)6-15/h2-5H,1H3,(H2,17,18,19). The number of benzene rings is 1. The maximum atomic E-state index is 11.5. The minimum Gasteiger partial charge on any atom is -0.494 e. The topological polar surface area (TPSA) is 103 Å². The Kier molecular flexibility index (Phi) is 2.54. The number of pyridine rings is 1. The van der Waals surface area contributed by atoms with Crippen LogP contribution in [0.3, 0.4) is 0 Å². The van der Waals surface area contributed by atoms with E-state index in [1.807, 2.05) is 6.07 Å². The number of nitrogens with zero attached hydrogens (tertiary/aromatic N) is 2. The lowest BCUT2D eigenvalue weighted by molar-refractivity contribution is 0.450. The predicted molar refractivity (Wildman–Crippen MR) is 71.2 cm³/mol. The van der Waals surface area contributed by atoms with Crippen molar-refractivity contribution in [3.63, 3.8) is 0 Å². The Morgan fingerprint density at radius 3 is 2.95 bits per heavy atom. The van der Waals surface area contributed by atoms with E-state index in [4.69, 9.17) is 9.68 Å². The number of aromatic hydroxyl groups is 1. The van der Waals surface area contributed by atoms with Gasteiger partial charge in [0.05, 0.1) is 0 Å². The molecule has 2 N–H and O–H groups in total. The van der Waals surface area contributed by atoms with Crippen LogP contribution in [0.25, 0.3) is 22.2 Å². The highest BCUT2D eigenvalue weighted by atomic mass is 16.3. The van der Waals surface area contributed by atoms with Gasteiger partial charge in [-0.25, -0.2) is 4.98 Å². The van der Waals surface area contributed by atoms with Crippen LogP contribution in [0.2, 0.25) is 0 Å². The highest BCUT2D eigenvalue weighted by Crippen LogP contribution is 2.29. The molecular weight excluding hydrogens is 258 g/mol. The Balaban J connectivity index is 2.30. The van der Waals surface area contributed by atoms with Crippen molar-refractivity contribution in [2.45, 2.75) is 6.92 Å². The van der Waals surface area contributed by atoms with Crippen LogP contribution >= 0.6 is 0 Å². The lowest BCUT2D eigenvalue weighted by atomic mass is 10.0. The van der Waals surface area contributed by atoms with E-state index in [9.17, 15) is 9.90 Å². The lowest BCUT2D eigenvalue weighted by Crippen LogP contribution is -2.06. The first-order valence-corrected chi connectivity index (χ1v) is 5.82. The van der Waals surface area contributed by atoms with E-state index in [0.29, 0.717) is 28.1 Å². The largest absolute Gasteiger partial charge is 0.494 e. The molecular formula is C14H9N3O3. The summed E-state index contributed by atoms with van der Waals surface area (Å²) in [5, 5.41) is 18.7. The van der Waals surface area contributed by atoms with Crippen molar-refractivity contribution < 1.29 is 9.52 Å². The first-order chi connectivity index (χ1) is 9.58. The van der Waals surface area contributed by atoms with Crippen LogP contribution in [-0.4, -0.2) is 15.1 Å². The van der Waals surface area contributed by atoms with Crippen molar-refractivity contribution in [1.82, 2.24) is 9.97 Å². The van der Waals surface area contributed by atoms with Crippen LogP contribution < -0.4 is 5.56 Å². The van der Waals surface area contributed by atoms with Gasteiger partial charge in [0, 0.05) is 18.6 Å². The fourth-order valence-corrected chi connectivity index (χ4v) is 2.10. The molecule has 98 valence electrons. The van der Waals surface area contributed by atoms with E-state index in [-0.39, 0.29) is 5.56 Å². The molecule has 0 aliphatic carbocycles. The summed E-state index contributed by atoms with van der Waals surface area (Å²) in [6, 6.07) is 8.28. The van der Waals surface area contributed by atoms with Crippen LogP contribution in [-0.2, 0) is 0 Å². The minimum atomic E-state index is -0.479. The maximum Gasteiger partial charge on any atom is 0.251 e. The zero-order chi connectivity index (χ0) is 14.3. The Hall–Kier alpha value is -3.07. The molecule has 6 nitrogen and oxygen atoms in total. The number of H-pyrrole nitrogens is 1. The monoisotopic (exact) mass is 267 g/mol. The third-order valence-corrected chi connectivity index (χ3v) is 2.94. The highest BCUT2D eigenvalue weighted by molar-refractivity contribution is 5.82. The van der Waals surface area contributed by atoms with Gasteiger partial charge in [0.25, 0.3) is 5.56 Å². The maximum absolute atomic E-state index is 11.5. The number of aromatic amines is 1. The Labute approximate surface area is 112 Å². The third kappa shape index (κ3) is 1.82. The van der Waals surface area contributed by atoms with Gasteiger partial charge in [-0.3, -0.25) is 9.78 Å². The van der Waals surface area contributed by atoms with Crippen LogP contribution in [0, 0.1) is 18.3 Å². The Bertz CT molecular complexity index is 916. The molecule has 0 spiro atoms. The summed E-state index contributed by atoms with van der Waals surface area (Å²) in [6.07, 6.45) is 0. The molecule has 0 bridgehead atoms. The van der Waals surface area contributed by atoms with Crippen molar-refractivity contribution in [3.05, 3.63) is 46.1 Å². The lowest BCUT2D eigenvalue weighted by Gasteiger charge is -2.04. The van der Waals surface area contributed by atoms with Crippen LogP contribution in [0.5, 0.6) is 5.88 Å².